The summed E-state index contributed by atoms with van der Waals surface area (Å²) in [6, 6.07) is 11.0. The normalized spacial score (nSPS) is 13.8. The van der Waals surface area contributed by atoms with Crippen molar-refractivity contribution < 1.29 is 0 Å². The molecule has 0 fully saturated rings. The quantitative estimate of drug-likeness (QED) is 0.482. The summed E-state index contributed by atoms with van der Waals surface area (Å²) < 4.78 is 1.83. The van der Waals surface area contributed by atoms with Crippen molar-refractivity contribution in [3.63, 3.8) is 0 Å². The van der Waals surface area contributed by atoms with Crippen LogP contribution in [0.4, 0.5) is 5.82 Å². The standard InChI is InChI=1S/C19H15Cl4N3/c20-11-7-8-12(15(22)10-11)18-13-4-1-2-9-24-19(13)26(25-18)16-6-3-5-14(21)17(16)23/h3,5-8,10,24H,1-2,4,9H2. The summed E-state index contributed by atoms with van der Waals surface area (Å²) >= 11 is 25.2. The predicted octanol–water partition coefficient (Wildman–Crippen LogP) is 6.90. The molecule has 0 aliphatic carbocycles. The van der Waals surface area contributed by atoms with Gasteiger partial charge in [-0.15, -0.1) is 0 Å². The Morgan fingerprint density at radius 2 is 1.81 bits per heavy atom. The van der Waals surface area contributed by atoms with Crippen LogP contribution < -0.4 is 5.32 Å². The highest BCUT2D eigenvalue weighted by molar-refractivity contribution is 6.43. The number of hydrogen-bond donors (Lipinski definition) is 1. The van der Waals surface area contributed by atoms with Crippen LogP contribution in [0, 0.1) is 0 Å². The highest BCUT2D eigenvalue weighted by Gasteiger charge is 2.24. The zero-order valence-electron chi connectivity index (χ0n) is 13.7. The molecule has 1 N–H and O–H groups in total. The van der Waals surface area contributed by atoms with Crippen molar-refractivity contribution in [2.24, 2.45) is 0 Å². The first-order valence-corrected chi connectivity index (χ1v) is 9.83. The van der Waals surface area contributed by atoms with Crippen molar-refractivity contribution in [1.29, 1.82) is 0 Å². The Hall–Kier alpha value is -1.39. The highest BCUT2D eigenvalue weighted by atomic mass is 35.5. The van der Waals surface area contributed by atoms with Gasteiger partial charge in [-0.3, -0.25) is 0 Å². The SMILES string of the molecule is Clc1ccc(-c2nn(-c3cccc(Cl)c3Cl)c3c2CCCCN3)c(Cl)c1. The summed E-state index contributed by atoms with van der Waals surface area (Å²) in [4.78, 5) is 0. The Morgan fingerprint density at radius 3 is 2.62 bits per heavy atom. The molecule has 1 aromatic heterocycles. The highest BCUT2D eigenvalue weighted by Crippen LogP contribution is 2.39. The van der Waals surface area contributed by atoms with E-state index < -0.39 is 0 Å². The fourth-order valence-electron chi connectivity index (χ4n) is 3.23. The minimum atomic E-state index is 0.472. The Kier molecular flexibility index (Phi) is 5.07. The minimum Gasteiger partial charge on any atom is -0.370 e. The number of nitrogens with one attached hydrogen (secondary N) is 1. The Labute approximate surface area is 171 Å². The Balaban J connectivity index is 1.96. The van der Waals surface area contributed by atoms with E-state index in [2.05, 4.69) is 5.32 Å². The molecule has 1 aliphatic rings. The molecule has 4 rings (SSSR count). The molecule has 2 heterocycles. The maximum atomic E-state index is 6.46. The van der Waals surface area contributed by atoms with E-state index in [1.54, 1.807) is 12.1 Å². The molecule has 0 radical (unpaired) electrons. The van der Waals surface area contributed by atoms with Gasteiger partial charge in [0.1, 0.15) is 5.82 Å². The summed E-state index contributed by atoms with van der Waals surface area (Å²) in [6.07, 6.45) is 3.08. The molecule has 0 unspecified atom stereocenters. The molecule has 7 heteroatoms. The summed E-state index contributed by atoms with van der Waals surface area (Å²) in [5.41, 5.74) is 3.56. The van der Waals surface area contributed by atoms with Gasteiger partial charge in [-0.05, 0) is 49.6 Å². The van der Waals surface area contributed by atoms with Gasteiger partial charge in [0.25, 0.3) is 0 Å². The van der Waals surface area contributed by atoms with Crippen molar-refractivity contribution in [3.05, 3.63) is 62.1 Å². The molecule has 3 nitrogen and oxygen atoms in total. The van der Waals surface area contributed by atoms with Crippen LogP contribution in [0.15, 0.2) is 36.4 Å². The number of nitrogens with zero attached hydrogens (tertiary/aromatic N) is 2. The van der Waals surface area contributed by atoms with Crippen molar-refractivity contribution in [3.8, 4) is 16.9 Å². The topological polar surface area (TPSA) is 29.9 Å². The van der Waals surface area contributed by atoms with Gasteiger partial charge in [0.15, 0.2) is 0 Å². The van der Waals surface area contributed by atoms with E-state index in [4.69, 9.17) is 51.5 Å². The monoisotopic (exact) mass is 425 g/mol. The third kappa shape index (κ3) is 3.18. The van der Waals surface area contributed by atoms with Crippen LogP contribution in [-0.2, 0) is 6.42 Å². The molecule has 0 bridgehead atoms. The predicted molar refractivity (Wildman–Crippen MR) is 110 cm³/mol. The number of fused-ring (bicyclic) bond motifs is 1. The van der Waals surface area contributed by atoms with Crippen molar-refractivity contribution in [2.45, 2.75) is 19.3 Å². The smallest absolute Gasteiger partial charge is 0.133 e. The molecular weight excluding hydrogens is 412 g/mol. The lowest BCUT2D eigenvalue weighted by molar-refractivity contribution is 0.780. The van der Waals surface area contributed by atoms with Crippen LogP contribution >= 0.6 is 46.4 Å². The lowest BCUT2D eigenvalue weighted by Gasteiger charge is -2.11. The first-order chi connectivity index (χ1) is 12.6. The van der Waals surface area contributed by atoms with Gasteiger partial charge in [0.2, 0.25) is 0 Å². The fraction of sp³-hybridized carbons (Fsp3) is 0.211. The van der Waals surface area contributed by atoms with E-state index in [9.17, 15) is 0 Å². The van der Waals surface area contributed by atoms with E-state index in [0.29, 0.717) is 20.1 Å². The molecule has 3 aromatic rings. The van der Waals surface area contributed by atoms with Gasteiger partial charge in [0.05, 0.1) is 26.4 Å². The molecule has 1 aliphatic heterocycles. The summed E-state index contributed by atoms with van der Waals surface area (Å²) in [7, 11) is 0. The molecule has 134 valence electrons. The van der Waals surface area contributed by atoms with Gasteiger partial charge < -0.3 is 5.32 Å². The van der Waals surface area contributed by atoms with Crippen LogP contribution in [0.25, 0.3) is 16.9 Å². The van der Waals surface area contributed by atoms with Gasteiger partial charge in [-0.1, -0.05) is 52.5 Å². The van der Waals surface area contributed by atoms with Crippen LogP contribution in [0.1, 0.15) is 18.4 Å². The lowest BCUT2D eigenvalue weighted by atomic mass is 10.0. The average Bonchev–Trinajstić information content (AvgIpc) is 2.79. The third-order valence-corrected chi connectivity index (χ3v) is 5.83. The number of benzene rings is 2. The van der Waals surface area contributed by atoms with Crippen LogP contribution in [0.3, 0.4) is 0 Å². The summed E-state index contributed by atoms with van der Waals surface area (Å²) in [5.74, 6) is 0.938. The molecule has 0 spiro atoms. The van der Waals surface area contributed by atoms with Crippen molar-refractivity contribution in [1.82, 2.24) is 9.78 Å². The molecule has 0 atom stereocenters. The van der Waals surface area contributed by atoms with Crippen LogP contribution in [0.5, 0.6) is 0 Å². The Morgan fingerprint density at radius 1 is 0.962 bits per heavy atom. The second-order valence-corrected chi connectivity index (χ2v) is 7.80. The minimum absolute atomic E-state index is 0.472. The maximum Gasteiger partial charge on any atom is 0.133 e. The van der Waals surface area contributed by atoms with E-state index in [1.807, 2.05) is 28.9 Å². The van der Waals surface area contributed by atoms with Gasteiger partial charge in [0, 0.05) is 22.7 Å². The number of rotatable bonds is 2. The van der Waals surface area contributed by atoms with E-state index in [1.165, 1.54) is 0 Å². The fourth-order valence-corrected chi connectivity index (χ4v) is 4.10. The molecule has 26 heavy (non-hydrogen) atoms. The van der Waals surface area contributed by atoms with E-state index in [-0.39, 0.29) is 0 Å². The molecule has 0 amide bonds. The van der Waals surface area contributed by atoms with Crippen LogP contribution in [-0.4, -0.2) is 16.3 Å². The van der Waals surface area contributed by atoms with Gasteiger partial charge >= 0.3 is 0 Å². The van der Waals surface area contributed by atoms with Crippen molar-refractivity contribution in [2.75, 3.05) is 11.9 Å². The number of halogens is 4. The number of anilines is 1. The Bertz CT molecular complexity index is 981. The van der Waals surface area contributed by atoms with E-state index in [0.717, 1.165) is 54.1 Å². The maximum absolute atomic E-state index is 6.46. The zero-order valence-corrected chi connectivity index (χ0v) is 16.7. The van der Waals surface area contributed by atoms with Crippen molar-refractivity contribution >= 4 is 52.2 Å². The average molecular weight is 427 g/mol. The molecule has 0 saturated heterocycles. The largest absolute Gasteiger partial charge is 0.370 e. The summed E-state index contributed by atoms with van der Waals surface area (Å²) in [5, 5.41) is 10.5. The molecule has 0 saturated carbocycles. The lowest BCUT2D eigenvalue weighted by Crippen LogP contribution is -2.07. The first kappa shape index (κ1) is 18.0. The molecular formula is C19H15Cl4N3. The van der Waals surface area contributed by atoms with Gasteiger partial charge in [-0.2, -0.15) is 5.10 Å². The second-order valence-electron chi connectivity index (χ2n) is 6.17. The van der Waals surface area contributed by atoms with E-state index >= 15 is 0 Å². The first-order valence-electron chi connectivity index (χ1n) is 8.32. The molecule has 2 aromatic carbocycles. The van der Waals surface area contributed by atoms with Crippen LogP contribution in [0.2, 0.25) is 20.1 Å². The number of aromatic nitrogens is 2. The van der Waals surface area contributed by atoms with Gasteiger partial charge in [-0.25, -0.2) is 4.68 Å². The summed E-state index contributed by atoms with van der Waals surface area (Å²) in [6.45, 7) is 0.880. The zero-order chi connectivity index (χ0) is 18.3. The number of hydrogen-bond acceptors (Lipinski definition) is 2. The second kappa shape index (κ2) is 7.32. The third-order valence-electron chi connectivity index (χ3n) is 4.48.